The van der Waals surface area contributed by atoms with Gasteiger partial charge in [-0.3, -0.25) is 9.59 Å². The number of hydrogen-bond donors (Lipinski definition) is 1. The summed E-state index contributed by atoms with van der Waals surface area (Å²) < 4.78 is 16.6. The zero-order chi connectivity index (χ0) is 23.0. The number of carbonyl (C=O) groups is 2. The fraction of sp³-hybridized carbons (Fsp3) is 0.417. The van der Waals surface area contributed by atoms with Crippen LogP contribution in [0.1, 0.15) is 61.5 Å². The molecule has 0 radical (unpaired) electrons. The highest BCUT2D eigenvalue weighted by Crippen LogP contribution is 2.35. The Labute approximate surface area is 188 Å². The molecule has 2 aromatic rings. The van der Waals surface area contributed by atoms with Crippen LogP contribution in [0.3, 0.4) is 0 Å². The lowest BCUT2D eigenvalue weighted by atomic mass is 10.00. The van der Waals surface area contributed by atoms with Crippen molar-refractivity contribution in [2.24, 2.45) is 0 Å². The van der Waals surface area contributed by atoms with E-state index in [4.69, 9.17) is 21.1 Å². The zero-order valence-corrected chi connectivity index (χ0v) is 19.1. The summed E-state index contributed by atoms with van der Waals surface area (Å²) in [6, 6.07) is 8.35. The quantitative estimate of drug-likeness (QED) is 0.277. The first-order valence-corrected chi connectivity index (χ1v) is 10.8. The van der Waals surface area contributed by atoms with Gasteiger partial charge in [-0.05, 0) is 36.2 Å². The largest absolute Gasteiger partial charge is 0.507 e. The van der Waals surface area contributed by atoms with Crippen LogP contribution in [0, 0.1) is 0 Å². The van der Waals surface area contributed by atoms with Crippen molar-refractivity contribution in [2.45, 2.75) is 59.2 Å². The molecule has 0 amide bonds. The number of carbonyl (C=O) groups excluding carboxylic acids is 2. The Bertz CT molecular complexity index is 925. The number of benzene rings is 2. The van der Waals surface area contributed by atoms with Crippen LogP contribution in [0.2, 0.25) is 5.02 Å². The summed E-state index contributed by atoms with van der Waals surface area (Å²) in [5, 5.41) is 11.0. The Hall–Kier alpha value is -2.73. The smallest absolute Gasteiger partial charge is 0.309 e. The number of methoxy groups -OCH3 is 1. The number of ketones is 1. The second kappa shape index (κ2) is 11.6. The molecule has 1 N–H and O–H groups in total. The highest BCUT2D eigenvalue weighted by Gasteiger charge is 2.20. The predicted octanol–water partition coefficient (Wildman–Crippen LogP) is 5.50. The van der Waals surface area contributed by atoms with Gasteiger partial charge in [0.15, 0.2) is 5.78 Å². The molecule has 0 aliphatic heterocycles. The molecule has 0 saturated carbocycles. The second-order valence-corrected chi connectivity index (χ2v) is 7.46. The third-order valence-corrected chi connectivity index (χ3v) is 5.08. The summed E-state index contributed by atoms with van der Waals surface area (Å²) in [5.41, 5.74) is 1.60. The number of esters is 1. The van der Waals surface area contributed by atoms with Crippen LogP contribution in [-0.2, 0) is 22.4 Å². The summed E-state index contributed by atoms with van der Waals surface area (Å²) in [6.45, 7) is 5.65. The number of halogens is 1. The Morgan fingerprint density at radius 2 is 1.74 bits per heavy atom. The van der Waals surface area contributed by atoms with E-state index in [1.165, 1.54) is 7.11 Å². The fourth-order valence-corrected chi connectivity index (χ4v) is 3.35. The fourth-order valence-electron chi connectivity index (χ4n) is 3.10. The molecule has 31 heavy (non-hydrogen) atoms. The van der Waals surface area contributed by atoms with E-state index in [-0.39, 0.29) is 23.9 Å². The van der Waals surface area contributed by atoms with Gasteiger partial charge >= 0.3 is 5.97 Å². The summed E-state index contributed by atoms with van der Waals surface area (Å²) >= 11 is 6.33. The van der Waals surface area contributed by atoms with E-state index in [0.29, 0.717) is 52.5 Å². The lowest BCUT2D eigenvalue weighted by Crippen LogP contribution is -2.24. The minimum absolute atomic E-state index is 0.0359. The lowest BCUT2D eigenvalue weighted by molar-refractivity contribution is -0.139. The zero-order valence-electron chi connectivity index (χ0n) is 18.4. The maximum absolute atomic E-state index is 12.1. The molecular weight excluding hydrogens is 420 g/mol. The van der Waals surface area contributed by atoms with Crippen LogP contribution >= 0.6 is 11.6 Å². The number of aromatic hydroxyl groups is 1. The van der Waals surface area contributed by atoms with E-state index in [1.54, 1.807) is 37.3 Å². The van der Waals surface area contributed by atoms with Gasteiger partial charge in [0, 0.05) is 18.4 Å². The normalized spacial score (nSPS) is 11.6. The van der Waals surface area contributed by atoms with Crippen molar-refractivity contribution < 1.29 is 28.9 Å². The van der Waals surface area contributed by atoms with Crippen molar-refractivity contribution in [1.29, 1.82) is 0 Å². The highest BCUT2D eigenvalue weighted by atomic mass is 35.5. The average Bonchev–Trinajstić information content (AvgIpc) is 2.76. The van der Waals surface area contributed by atoms with E-state index >= 15 is 0 Å². The van der Waals surface area contributed by atoms with Gasteiger partial charge in [0.25, 0.3) is 0 Å². The average molecular weight is 449 g/mol. The molecule has 0 saturated heterocycles. The van der Waals surface area contributed by atoms with Crippen LogP contribution in [0.5, 0.6) is 17.2 Å². The van der Waals surface area contributed by atoms with Crippen molar-refractivity contribution in [3.05, 3.63) is 52.0 Å². The summed E-state index contributed by atoms with van der Waals surface area (Å²) in [5.74, 6) is 0.376. The Morgan fingerprint density at radius 1 is 1.06 bits per heavy atom. The molecule has 0 aliphatic carbocycles. The summed E-state index contributed by atoms with van der Waals surface area (Å²) in [7, 11) is 1.33. The van der Waals surface area contributed by atoms with Crippen molar-refractivity contribution in [2.75, 3.05) is 7.11 Å². The Balaban J connectivity index is 2.24. The van der Waals surface area contributed by atoms with Gasteiger partial charge < -0.3 is 19.3 Å². The third-order valence-electron chi connectivity index (χ3n) is 4.78. The highest BCUT2D eigenvalue weighted by molar-refractivity contribution is 6.32. The van der Waals surface area contributed by atoms with Gasteiger partial charge in [0.05, 0.1) is 24.1 Å². The molecule has 2 rings (SSSR count). The molecule has 0 aliphatic rings. The molecule has 0 fully saturated rings. The minimum Gasteiger partial charge on any atom is -0.507 e. The molecule has 7 heteroatoms. The number of phenols is 1. The molecule has 1 unspecified atom stereocenters. The van der Waals surface area contributed by atoms with Crippen LogP contribution < -0.4 is 9.47 Å². The van der Waals surface area contributed by atoms with E-state index in [9.17, 15) is 14.7 Å². The number of ether oxygens (including phenoxy) is 3. The van der Waals surface area contributed by atoms with Gasteiger partial charge in [0.2, 0.25) is 6.29 Å². The predicted molar refractivity (Wildman–Crippen MR) is 119 cm³/mol. The molecule has 2 aromatic carbocycles. The minimum atomic E-state index is -0.660. The number of rotatable bonds is 11. The standard InChI is InChI=1S/C24H29ClO6/c1-5-8-17-20(12-10-16(24(17)28)19(26)6-2)30-23(7-3)31-21-11-9-15(13-18(21)25)14-22(27)29-4/h9-13,23,28H,5-8,14H2,1-4H3. The van der Waals surface area contributed by atoms with E-state index in [0.717, 1.165) is 6.42 Å². The molecule has 0 heterocycles. The van der Waals surface area contributed by atoms with Crippen molar-refractivity contribution in [3.63, 3.8) is 0 Å². The number of Topliss-reactive ketones (excluding diaryl/α,β-unsaturated/α-hetero) is 1. The van der Waals surface area contributed by atoms with E-state index in [1.807, 2.05) is 13.8 Å². The Kier molecular flexibility index (Phi) is 9.19. The summed E-state index contributed by atoms with van der Waals surface area (Å²) in [4.78, 5) is 23.5. The van der Waals surface area contributed by atoms with E-state index in [2.05, 4.69) is 4.74 Å². The maximum atomic E-state index is 12.1. The molecular formula is C24H29ClO6. The second-order valence-electron chi connectivity index (χ2n) is 7.06. The van der Waals surface area contributed by atoms with E-state index < -0.39 is 6.29 Å². The summed E-state index contributed by atoms with van der Waals surface area (Å²) in [6.07, 6.45) is 1.62. The maximum Gasteiger partial charge on any atom is 0.309 e. The van der Waals surface area contributed by atoms with Crippen LogP contribution in [0.15, 0.2) is 30.3 Å². The Morgan fingerprint density at radius 3 is 2.32 bits per heavy atom. The van der Waals surface area contributed by atoms with Crippen LogP contribution in [-0.4, -0.2) is 30.3 Å². The SMILES string of the molecule is CCCc1c(OC(CC)Oc2ccc(CC(=O)OC)cc2Cl)ccc(C(=O)CC)c1O. The van der Waals surface area contributed by atoms with Gasteiger partial charge in [-0.15, -0.1) is 0 Å². The molecule has 1 atom stereocenters. The van der Waals surface area contributed by atoms with Crippen molar-refractivity contribution >= 4 is 23.4 Å². The first-order chi connectivity index (χ1) is 14.8. The molecule has 0 bridgehead atoms. The van der Waals surface area contributed by atoms with Gasteiger partial charge in [-0.1, -0.05) is 44.9 Å². The topological polar surface area (TPSA) is 82.1 Å². The monoisotopic (exact) mass is 448 g/mol. The van der Waals surface area contributed by atoms with Crippen LogP contribution in [0.25, 0.3) is 0 Å². The van der Waals surface area contributed by atoms with Gasteiger partial charge in [-0.25, -0.2) is 0 Å². The molecule has 168 valence electrons. The third kappa shape index (κ3) is 6.37. The van der Waals surface area contributed by atoms with Gasteiger partial charge in [0.1, 0.15) is 17.2 Å². The van der Waals surface area contributed by atoms with Crippen LogP contribution in [0.4, 0.5) is 0 Å². The first kappa shape index (κ1) is 24.5. The van der Waals surface area contributed by atoms with Crippen molar-refractivity contribution in [1.82, 2.24) is 0 Å². The number of phenolic OH excluding ortho intramolecular Hbond substituents is 1. The molecule has 0 spiro atoms. The molecule has 0 aromatic heterocycles. The lowest BCUT2D eigenvalue weighted by Gasteiger charge is -2.22. The van der Waals surface area contributed by atoms with Crippen molar-refractivity contribution in [3.8, 4) is 17.2 Å². The van der Waals surface area contributed by atoms with Gasteiger partial charge in [-0.2, -0.15) is 0 Å². The first-order valence-electron chi connectivity index (χ1n) is 10.4. The molecule has 6 nitrogen and oxygen atoms in total. The number of hydrogen-bond acceptors (Lipinski definition) is 6.